The molecule has 0 bridgehead atoms. The first-order chi connectivity index (χ1) is 9.19. The highest BCUT2D eigenvalue weighted by Crippen LogP contribution is 2.12. The summed E-state index contributed by atoms with van der Waals surface area (Å²) >= 11 is 3.43. The summed E-state index contributed by atoms with van der Waals surface area (Å²) in [5.74, 6) is 0. The fourth-order valence-electron chi connectivity index (χ4n) is 1.91. The summed E-state index contributed by atoms with van der Waals surface area (Å²) in [6.07, 6.45) is 0. The molecule has 0 aliphatic heterocycles. The summed E-state index contributed by atoms with van der Waals surface area (Å²) in [6, 6.07) is 16.3. The van der Waals surface area contributed by atoms with E-state index in [2.05, 4.69) is 39.4 Å². The van der Waals surface area contributed by atoms with Gasteiger partial charge in [-0.1, -0.05) is 34.1 Å². The third-order valence-electron chi connectivity index (χ3n) is 3.03. The molecule has 0 aliphatic carbocycles. The summed E-state index contributed by atoms with van der Waals surface area (Å²) in [7, 11) is 0. The van der Waals surface area contributed by atoms with E-state index in [9.17, 15) is 0 Å². The minimum Gasteiger partial charge on any atom is -0.309 e. The lowest BCUT2D eigenvalue weighted by Crippen LogP contribution is -2.13. The molecule has 0 saturated carbocycles. The van der Waals surface area contributed by atoms with Gasteiger partial charge in [-0.15, -0.1) is 0 Å². The molecule has 0 unspecified atom stereocenters. The monoisotopic (exact) mass is 314 g/mol. The highest BCUT2D eigenvalue weighted by molar-refractivity contribution is 9.10. The predicted molar refractivity (Wildman–Crippen MR) is 80.6 cm³/mol. The van der Waals surface area contributed by atoms with Crippen LogP contribution in [0.1, 0.15) is 22.3 Å². The van der Waals surface area contributed by atoms with Gasteiger partial charge in [0.2, 0.25) is 0 Å². The Bertz CT molecular complexity index is 597. The van der Waals surface area contributed by atoms with Crippen molar-refractivity contribution in [3.8, 4) is 6.07 Å². The van der Waals surface area contributed by atoms with Crippen LogP contribution in [0.15, 0.2) is 46.9 Å². The Morgan fingerprint density at radius 2 is 1.84 bits per heavy atom. The SMILES string of the molecule is Cc1cc(C#N)ccc1CNCc1ccc(Br)cc1. The maximum atomic E-state index is 8.83. The summed E-state index contributed by atoms with van der Waals surface area (Å²) in [6.45, 7) is 3.69. The third kappa shape index (κ3) is 3.92. The topological polar surface area (TPSA) is 35.8 Å². The average molecular weight is 315 g/mol. The molecule has 0 fully saturated rings. The molecule has 19 heavy (non-hydrogen) atoms. The Morgan fingerprint density at radius 3 is 2.47 bits per heavy atom. The van der Waals surface area contributed by atoms with Gasteiger partial charge in [-0.2, -0.15) is 5.26 Å². The van der Waals surface area contributed by atoms with Gasteiger partial charge < -0.3 is 5.32 Å². The molecule has 0 heterocycles. The first kappa shape index (κ1) is 13.8. The van der Waals surface area contributed by atoms with E-state index in [4.69, 9.17) is 5.26 Å². The number of rotatable bonds is 4. The van der Waals surface area contributed by atoms with Crippen molar-refractivity contribution in [2.24, 2.45) is 0 Å². The van der Waals surface area contributed by atoms with Crippen molar-refractivity contribution in [3.63, 3.8) is 0 Å². The minimum absolute atomic E-state index is 0.717. The van der Waals surface area contributed by atoms with Crippen molar-refractivity contribution in [1.29, 1.82) is 5.26 Å². The molecular formula is C16H15BrN2. The molecule has 96 valence electrons. The van der Waals surface area contributed by atoms with Gasteiger partial charge in [0.25, 0.3) is 0 Å². The molecule has 0 saturated heterocycles. The largest absolute Gasteiger partial charge is 0.309 e. The second-order valence-electron chi connectivity index (χ2n) is 4.48. The predicted octanol–water partition coefficient (Wildman–Crippen LogP) is 3.92. The highest BCUT2D eigenvalue weighted by atomic mass is 79.9. The van der Waals surface area contributed by atoms with Crippen molar-refractivity contribution < 1.29 is 0 Å². The molecule has 3 heteroatoms. The third-order valence-corrected chi connectivity index (χ3v) is 3.56. The van der Waals surface area contributed by atoms with Gasteiger partial charge in [0.15, 0.2) is 0 Å². The molecule has 2 nitrogen and oxygen atoms in total. The molecule has 0 amide bonds. The zero-order valence-electron chi connectivity index (χ0n) is 10.8. The van der Waals surface area contributed by atoms with Gasteiger partial charge in [0.05, 0.1) is 11.6 Å². The molecule has 0 radical (unpaired) electrons. The van der Waals surface area contributed by atoms with E-state index in [1.807, 2.05) is 37.3 Å². The Labute approximate surface area is 122 Å². The van der Waals surface area contributed by atoms with E-state index in [0.29, 0.717) is 5.56 Å². The van der Waals surface area contributed by atoms with Gasteiger partial charge in [-0.05, 0) is 47.9 Å². The molecule has 2 aromatic rings. The maximum Gasteiger partial charge on any atom is 0.0991 e. The number of nitrogens with one attached hydrogen (secondary N) is 1. The molecule has 2 aromatic carbocycles. The summed E-state index contributed by atoms with van der Waals surface area (Å²) < 4.78 is 1.10. The van der Waals surface area contributed by atoms with Crippen LogP contribution < -0.4 is 5.32 Å². The van der Waals surface area contributed by atoms with Crippen LogP contribution in [0, 0.1) is 18.3 Å². The van der Waals surface area contributed by atoms with Crippen LogP contribution in [0.4, 0.5) is 0 Å². The first-order valence-corrected chi connectivity index (χ1v) is 6.93. The molecule has 0 aromatic heterocycles. The van der Waals surface area contributed by atoms with Crippen molar-refractivity contribution in [3.05, 3.63) is 69.2 Å². The van der Waals surface area contributed by atoms with Crippen LogP contribution in [0.3, 0.4) is 0 Å². The lowest BCUT2D eigenvalue weighted by Gasteiger charge is -2.08. The number of hydrogen-bond donors (Lipinski definition) is 1. The molecule has 0 atom stereocenters. The second kappa shape index (κ2) is 6.51. The Morgan fingerprint density at radius 1 is 1.11 bits per heavy atom. The van der Waals surface area contributed by atoms with E-state index in [1.165, 1.54) is 11.1 Å². The van der Waals surface area contributed by atoms with E-state index in [-0.39, 0.29) is 0 Å². The van der Waals surface area contributed by atoms with Gasteiger partial charge in [0.1, 0.15) is 0 Å². The van der Waals surface area contributed by atoms with Crippen LogP contribution in [-0.4, -0.2) is 0 Å². The maximum absolute atomic E-state index is 8.83. The van der Waals surface area contributed by atoms with Gasteiger partial charge in [-0.25, -0.2) is 0 Å². The molecule has 0 aliphatic rings. The van der Waals surface area contributed by atoms with E-state index in [0.717, 1.165) is 23.1 Å². The first-order valence-electron chi connectivity index (χ1n) is 6.14. The number of benzene rings is 2. The van der Waals surface area contributed by atoms with E-state index >= 15 is 0 Å². The normalized spacial score (nSPS) is 10.2. The van der Waals surface area contributed by atoms with Gasteiger partial charge >= 0.3 is 0 Å². The van der Waals surface area contributed by atoms with Crippen LogP contribution in [0.25, 0.3) is 0 Å². The number of hydrogen-bond acceptors (Lipinski definition) is 2. The van der Waals surface area contributed by atoms with Crippen LogP contribution >= 0.6 is 15.9 Å². The zero-order valence-corrected chi connectivity index (χ0v) is 12.4. The number of aryl methyl sites for hydroxylation is 1. The van der Waals surface area contributed by atoms with E-state index < -0.39 is 0 Å². The average Bonchev–Trinajstić information content (AvgIpc) is 2.42. The van der Waals surface area contributed by atoms with Crippen LogP contribution in [0.2, 0.25) is 0 Å². The smallest absolute Gasteiger partial charge is 0.0991 e. The number of nitrogens with zero attached hydrogens (tertiary/aromatic N) is 1. The Kier molecular flexibility index (Phi) is 4.73. The van der Waals surface area contributed by atoms with Gasteiger partial charge in [-0.3, -0.25) is 0 Å². The van der Waals surface area contributed by atoms with Crippen molar-refractivity contribution in [2.45, 2.75) is 20.0 Å². The molecule has 0 spiro atoms. The standard InChI is InChI=1S/C16H15BrN2/c1-12-8-14(9-18)2-5-15(12)11-19-10-13-3-6-16(17)7-4-13/h2-8,19H,10-11H2,1H3. The fraction of sp³-hybridized carbons (Fsp3) is 0.188. The zero-order chi connectivity index (χ0) is 13.7. The highest BCUT2D eigenvalue weighted by Gasteiger charge is 2.00. The summed E-state index contributed by atoms with van der Waals surface area (Å²) in [4.78, 5) is 0. The lowest BCUT2D eigenvalue weighted by atomic mass is 10.1. The molecule has 2 rings (SSSR count). The summed E-state index contributed by atoms with van der Waals surface area (Å²) in [5.41, 5.74) is 4.36. The van der Waals surface area contributed by atoms with E-state index in [1.54, 1.807) is 0 Å². The summed E-state index contributed by atoms with van der Waals surface area (Å²) in [5, 5.41) is 12.2. The number of halogens is 1. The minimum atomic E-state index is 0.717. The Balaban J connectivity index is 1.92. The quantitative estimate of drug-likeness (QED) is 0.928. The van der Waals surface area contributed by atoms with Crippen molar-refractivity contribution >= 4 is 15.9 Å². The Hall–Kier alpha value is -1.63. The van der Waals surface area contributed by atoms with Crippen LogP contribution in [-0.2, 0) is 13.1 Å². The molecular weight excluding hydrogens is 300 g/mol. The van der Waals surface area contributed by atoms with Crippen molar-refractivity contribution in [1.82, 2.24) is 5.32 Å². The fourth-order valence-corrected chi connectivity index (χ4v) is 2.17. The number of nitriles is 1. The second-order valence-corrected chi connectivity index (χ2v) is 5.40. The van der Waals surface area contributed by atoms with Crippen molar-refractivity contribution in [2.75, 3.05) is 0 Å². The van der Waals surface area contributed by atoms with Crippen LogP contribution in [0.5, 0.6) is 0 Å². The molecule has 1 N–H and O–H groups in total. The lowest BCUT2D eigenvalue weighted by molar-refractivity contribution is 0.690. The van der Waals surface area contributed by atoms with Gasteiger partial charge in [0, 0.05) is 17.6 Å².